The molecule has 11 heteroatoms. The highest BCUT2D eigenvalue weighted by molar-refractivity contribution is 7.99. The molecule has 1 amide bonds. The first-order valence-corrected chi connectivity index (χ1v) is 12.9. The van der Waals surface area contributed by atoms with Crippen molar-refractivity contribution in [2.45, 2.75) is 43.3 Å². The second-order valence-electron chi connectivity index (χ2n) is 8.25. The largest absolute Gasteiger partial charge is 0.299 e. The van der Waals surface area contributed by atoms with Crippen LogP contribution in [0.3, 0.4) is 0 Å². The van der Waals surface area contributed by atoms with Gasteiger partial charge in [-0.3, -0.25) is 19.5 Å². The number of aromatic nitrogens is 3. The number of allylic oxidation sites excluding steroid dienone is 1. The predicted octanol–water partition coefficient (Wildman–Crippen LogP) is 5.92. The molecule has 1 N–H and O–H groups in total. The molecule has 186 valence electrons. The Balaban J connectivity index is 1.39. The summed E-state index contributed by atoms with van der Waals surface area (Å²) in [6, 6.07) is 14.2. The lowest BCUT2D eigenvalue weighted by molar-refractivity contribution is -0.385. The third-order valence-corrected chi connectivity index (χ3v) is 6.99. The van der Waals surface area contributed by atoms with E-state index in [9.17, 15) is 14.9 Å². The molecule has 3 aromatic rings. The number of hydrogen-bond acceptors (Lipinski definition) is 7. The van der Waals surface area contributed by atoms with Crippen LogP contribution in [-0.4, -0.2) is 37.6 Å². The summed E-state index contributed by atoms with van der Waals surface area (Å²) < 4.78 is 2.15. The van der Waals surface area contributed by atoms with Gasteiger partial charge in [-0.05, 0) is 55.3 Å². The van der Waals surface area contributed by atoms with Crippen LogP contribution < -0.4 is 5.43 Å². The van der Waals surface area contributed by atoms with E-state index in [2.05, 4.69) is 25.3 Å². The number of thioether (sulfide) groups is 1. The number of benzene rings is 2. The van der Waals surface area contributed by atoms with Gasteiger partial charge in [-0.1, -0.05) is 54.8 Å². The fourth-order valence-electron chi connectivity index (χ4n) is 4.10. The summed E-state index contributed by atoms with van der Waals surface area (Å²) in [6.45, 7) is 0. The molecule has 0 bridgehead atoms. The molecule has 1 fully saturated rings. The number of carbonyl (C=O) groups excluding carboxylic acids is 1. The zero-order valence-corrected chi connectivity index (χ0v) is 21.0. The van der Waals surface area contributed by atoms with Crippen LogP contribution in [0.4, 0.5) is 5.69 Å². The number of halogens is 1. The van der Waals surface area contributed by atoms with Gasteiger partial charge < -0.3 is 0 Å². The normalized spacial score (nSPS) is 14.5. The average Bonchev–Trinajstić information content (AvgIpc) is 3.32. The predicted molar refractivity (Wildman–Crippen MR) is 142 cm³/mol. The molecular weight excluding hydrogens is 500 g/mol. The van der Waals surface area contributed by atoms with Crippen molar-refractivity contribution in [3.8, 4) is 11.4 Å². The van der Waals surface area contributed by atoms with Crippen LogP contribution in [0.15, 0.2) is 64.9 Å². The van der Waals surface area contributed by atoms with Crippen LogP contribution >= 0.6 is 23.4 Å². The summed E-state index contributed by atoms with van der Waals surface area (Å²) in [6.07, 6.45) is 10.1. The Bertz CT molecular complexity index is 1270. The van der Waals surface area contributed by atoms with E-state index < -0.39 is 4.92 Å². The Labute approximate surface area is 217 Å². The summed E-state index contributed by atoms with van der Waals surface area (Å²) in [4.78, 5) is 23.0. The van der Waals surface area contributed by atoms with Crippen molar-refractivity contribution >= 4 is 47.2 Å². The maximum Gasteiger partial charge on any atom is 0.276 e. The molecule has 9 nitrogen and oxygen atoms in total. The fraction of sp³-hybridized carbons (Fsp3) is 0.280. The van der Waals surface area contributed by atoms with Gasteiger partial charge in [0, 0.05) is 28.9 Å². The van der Waals surface area contributed by atoms with Gasteiger partial charge in [0.1, 0.15) is 0 Å². The molecule has 0 saturated heterocycles. The molecule has 4 rings (SSSR count). The molecule has 1 heterocycles. The monoisotopic (exact) mass is 524 g/mol. The minimum Gasteiger partial charge on any atom is -0.299 e. The van der Waals surface area contributed by atoms with Crippen molar-refractivity contribution in [1.29, 1.82) is 0 Å². The molecule has 0 unspecified atom stereocenters. The van der Waals surface area contributed by atoms with E-state index in [1.165, 1.54) is 36.5 Å². The van der Waals surface area contributed by atoms with Crippen LogP contribution in [0, 0.1) is 10.1 Å². The van der Waals surface area contributed by atoms with Gasteiger partial charge in [0.05, 0.1) is 16.2 Å². The molecule has 0 atom stereocenters. The van der Waals surface area contributed by atoms with Crippen molar-refractivity contribution in [1.82, 2.24) is 20.2 Å². The highest BCUT2D eigenvalue weighted by Crippen LogP contribution is 2.35. The standard InChI is InChI=1S/C25H25ClN6O3S/c26-20-14-12-19(13-15-20)24-29-30-25(31(24)21-9-2-1-3-10-21)36-17-23(33)28-27-16-6-8-18-7-4-5-11-22(18)32(34)35/h4-8,11-16,21H,1-3,9-10,17H2,(H,28,33). The first-order valence-electron chi connectivity index (χ1n) is 11.6. The van der Waals surface area contributed by atoms with E-state index in [1.54, 1.807) is 24.3 Å². The number of amides is 1. The van der Waals surface area contributed by atoms with Crippen LogP contribution in [0.25, 0.3) is 17.5 Å². The van der Waals surface area contributed by atoms with Gasteiger partial charge in [-0.2, -0.15) is 5.10 Å². The van der Waals surface area contributed by atoms with Gasteiger partial charge in [-0.15, -0.1) is 10.2 Å². The van der Waals surface area contributed by atoms with Crippen LogP contribution in [0.2, 0.25) is 5.02 Å². The fourth-order valence-corrected chi connectivity index (χ4v) is 5.02. The van der Waals surface area contributed by atoms with E-state index in [0.29, 0.717) is 15.7 Å². The number of hydrogen-bond donors (Lipinski definition) is 1. The second kappa shape index (κ2) is 12.5. The lowest BCUT2D eigenvalue weighted by Gasteiger charge is -2.25. The lowest BCUT2D eigenvalue weighted by atomic mass is 9.95. The van der Waals surface area contributed by atoms with E-state index in [-0.39, 0.29) is 23.4 Å². The number of carbonyl (C=O) groups is 1. The second-order valence-corrected chi connectivity index (χ2v) is 9.63. The van der Waals surface area contributed by atoms with Gasteiger partial charge >= 0.3 is 0 Å². The molecule has 0 spiro atoms. The molecule has 1 saturated carbocycles. The molecule has 1 aliphatic carbocycles. The Kier molecular flexibility index (Phi) is 8.85. The minimum absolute atomic E-state index is 0.00244. The van der Waals surface area contributed by atoms with Crippen molar-refractivity contribution < 1.29 is 9.72 Å². The quantitative estimate of drug-likeness (QED) is 0.161. The number of hydrazone groups is 1. The zero-order chi connectivity index (χ0) is 25.3. The number of nitrogens with one attached hydrogen (secondary N) is 1. The molecule has 1 aliphatic rings. The molecule has 0 aliphatic heterocycles. The van der Waals surface area contributed by atoms with Crippen LogP contribution in [0.1, 0.15) is 43.7 Å². The molecule has 0 radical (unpaired) electrons. The third kappa shape index (κ3) is 6.58. The maximum absolute atomic E-state index is 12.4. The summed E-state index contributed by atoms with van der Waals surface area (Å²) in [5, 5.41) is 25.1. The number of para-hydroxylation sites is 1. The number of rotatable bonds is 9. The molecule has 36 heavy (non-hydrogen) atoms. The summed E-state index contributed by atoms with van der Waals surface area (Å²) in [7, 11) is 0. The summed E-state index contributed by atoms with van der Waals surface area (Å²) in [5.74, 6) is 0.609. The van der Waals surface area contributed by atoms with Crippen molar-refractivity contribution in [3.63, 3.8) is 0 Å². The van der Waals surface area contributed by atoms with Crippen molar-refractivity contribution in [3.05, 3.63) is 75.3 Å². The van der Waals surface area contributed by atoms with Crippen LogP contribution in [-0.2, 0) is 4.79 Å². The highest BCUT2D eigenvalue weighted by Gasteiger charge is 2.24. The smallest absolute Gasteiger partial charge is 0.276 e. The Morgan fingerprint density at radius 1 is 1.17 bits per heavy atom. The number of nitro benzene ring substituents is 1. The van der Waals surface area contributed by atoms with Gasteiger partial charge in [-0.25, -0.2) is 5.43 Å². The Morgan fingerprint density at radius 3 is 2.67 bits per heavy atom. The van der Waals surface area contributed by atoms with E-state index in [0.717, 1.165) is 37.1 Å². The van der Waals surface area contributed by atoms with E-state index >= 15 is 0 Å². The maximum atomic E-state index is 12.4. The Hall–Kier alpha value is -3.50. The van der Waals surface area contributed by atoms with Gasteiger partial charge in [0.25, 0.3) is 11.6 Å². The van der Waals surface area contributed by atoms with Crippen molar-refractivity contribution in [2.75, 3.05) is 5.75 Å². The Morgan fingerprint density at radius 2 is 1.92 bits per heavy atom. The lowest BCUT2D eigenvalue weighted by Crippen LogP contribution is -2.20. The van der Waals surface area contributed by atoms with E-state index in [1.807, 2.05) is 24.3 Å². The van der Waals surface area contributed by atoms with Gasteiger partial charge in [0.2, 0.25) is 0 Å². The topological polar surface area (TPSA) is 115 Å². The van der Waals surface area contributed by atoms with Crippen LogP contribution in [0.5, 0.6) is 0 Å². The van der Waals surface area contributed by atoms with Crippen molar-refractivity contribution in [2.24, 2.45) is 5.10 Å². The molecular formula is C25H25ClN6O3S. The summed E-state index contributed by atoms with van der Waals surface area (Å²) in [5.41, 5.74) is 3.86. The third-order valence-electron chi connectivity index (χ3n) is 5.80. The van der Waals surface area contributed by atoms with E-state index in [4.69, 9.17) is 11.6 Å². The summed E-state index contributed by atoms with van der Waals surface area (Å²) >= 11 is 7.37. The zero-order valence-electron chi connectivity index (χ0n) is 19.4. The first kappa shape index (κ1) is 25.6. The van der Waals surface area contributed by atoms with Gasteiger partial charge in [0.15, 0.2) is 11.0 Å². The number of nitrogens with zero attached hydrogens (tertiary/aromatic N) is 5. The first-order chi connectivity index (χ1) is 17.5. The molecule has 1 aromatic heterocycles. The SMILES string of the molecule is O=C(CSc1nnc(-c2ccc(Cl)cc2)n1C1CCCCC1)NN=CC=Cc1ccccc1[N+](=O)[O-]. The number of nitro groups is 1. The highest BCUT2D eigenvalue weighted by atomic mass is 35.5. The molecule has 2 aromatic carbocycles. The minimum atomic E-state index is -0.444. The average molecular weight is 525 g/mol.